The van der Waals surface area contributed by atoms with Crippen LogP contribution in [0.25, 0.3) is 0 Å². The molecule has 2 atom stereocenters. The van der Waals surface area contributed by atoms with Gasteiger partial charge in [0.05, 0.1) is 6.26 Å². The van der Waals surface area contributed by atoms with Crippen molar-refractivity contribution in [1.29, 1.82) is 0 Å². The van der Waals surface area contributed by atoms with Crippen LogP contribution in [0, 0.1) is 5.92 Å². The maximum atomic E-state index is 9.42. The van der Waals surface area contributed by atoms with Crippen molar-refractivity contribution < 1.29 is 9.52 Å². The van der Waals surface area contributed by atoms with Crippen LogP contribution in [0.4, 0.5) is 0 Å². The van der Waals surface area contributed by atoms with Gasteiger partial charge in [-0.25, -0.2) is 0 Å². The van der Waals surface area contributed by atoms with Crippen LogP contribution in [-0.2, 0) is 6.42 Å². The van der Waals surface area contributed by atoms with E-state index in [1.165, 1.54) is 0 Å². The predicted molar refractivity (Wildman–Crippen MR) is 46.4 cm³/mol. The van der Waals surface area contributed by atoms with E-state index in [0.717, 1.165) is 5.76 Å². The molecule has 0 aromatic carbocycles. The molecule has 1 heterocycles. The number of nitrogens with two attached hydrogens (primary N) is 1. The first-order chi connectivity index (χ1) is 5.50. The molecule has 0 aliphatic carbocycles. The van der Waals surface area contributed by atoms with Crippen molar-refractivity contribution in [3.05, 3.63) is 24.2 Å². The Hall–Kier alpha value is -0.800. The second kappa shape index (κ2) is 3.29. The van der Waals surface area contributed by atoms with Gasteiger partial charge in [0.15, 0.2) is 0 Å². The van der Waals surface area contributed by atoms with Gasteiger partial charge in [0.25, 0.3) is 0 Å². The van der Waals surface area contributed by atoms with Crippen molar-refractivity contribution in [3.8, 4) is 0 Å². The predicted octanol–water partition coefficient (Wildman–Crippen LogP) is 1.13. The molecule has 1 aromatic heterocycles. The SMILES string of the molecule is CC(Cc1ccco1)C(C)(N)O. The molecule has 0 fully saturated rings. The van der Waals surface area contributed by atoms with Crippen molar-refractivity contribution in [2.75, 3.05) is 0 Å². The molecule has 0 spiro atoms. The lowest BCUT2D eigenvalue weighted by atomic mass is 9.96. The molecule has 0 saturated carbocycles. The lowest BCUT2D eigenvalue weighted by Crippen LogP contribution is -2.43. The van der Waals surface area contributed by atoms with Crippen LogP contribution >= 0.6 is 0 Å². The molecule has 0 bridgehead atoms. The Balaban J connectivity index is 2.53. The molecule has 0 radical (unpaired) electrons. The smallest absolute Gasteiger partial charge is 0.113 e. The molecule has 0 amide bonds. The van der Waals surface area contributed by atoms with Crippen molar-refractivity contribution in [1.82, 2.24) is 0 Å². The molecule has 0 aliphatic rings. The van der Waals surface area contributed by atoms with E-state index in [9.17, 15) is 5.11 Å². The third-order valence-corrected chi connectivity index (χ3v) is 2.09. The van der Waals surface area contributed by atoms with Gasteiger partial charge in [-0.15, -0.1) is 0 Å². The Morgan fingerprint density at radius 2 is 2.42 bits per heavy atom. The Kier molecular flexibility index (Phi) is 2.55. The van der Waals surface area contributed by atoms with Crippen LogP contribution in [0.3, 0.4) is 0 Å². The van der Waals surface area contributed by atoms with E-state index in [4.69, 9.17) is 10.2 Å². The van der Waals surface area contributed by atoms with Crippen molar-refractivity contribution in [2.24, 2.45) is 11.7 Å². The fourth-order valence-corrected chi connectivity index (χ4v) is 0.937. The summed E-state index contributed by atoms with van der Waals surface area (Å²) in [6.07, 6.45) is 2.28. The van der Waals surface area contributed by atoms with E-state index >= 15 is 0 Å². The average molecular weight is 169 g/mol. The average Bonchev–Trinajstić information content (AvgIpc) is 2.37. The maximum Gasteiger partial charge on any atom is 0.113 e. The first-order valence-corrected chi connectivity index (χ1v) is 4.04. The summed E-state index contributed by atoms with van der Waals surface area (Å²) in [5.74, 6) is 0.844. The lowest BCUT2D eigenvalue weighted by Gasteiger charge is -2.24. The minimum atomic E-state index is -1.13. The largest absolute Gasteiger partial charge is 0.469 e. The molecule has 3 heteroatoms. The fraction of sp³-hybridized carbons (Fsp3) is 0.556. The van der Waals surface area contributed by atoms with E-state index in [-0.39, 0.29) is 5.92 Å². The molecule has 0 saturated heterocycles. The zero-order chi connectivity index (χ0) is 9.19. The van der Waals surface area contributed by atoms with Crippen LogP contribution in [0.5, 0.6) is 0 Å². The van der Waals surface area contributed by atoms with Crippen molar-refractivity contribution in [2.45, 2.75) is 26.0 Å². The monoisotopic (exact) mass is 169 g/mol. The minimum Gasteiger partial charge on any atom is -0.469 e. The Bertz CT molecular complexity index is 223. The van der Waals surface area contributed by atoms with Gasteiger partial charge in [0.1, 0.15) is 11.5 Å². The summed E-state index contributed by atoms with van der Waals surface area (Å²) in [4.78, 5) is 0. The minimum absolute atomic E-state index is 0.0105. The summed E-state index contributed by atoms with van der Waals surface area (Å²) in [6.45, 7) is 3.49. The van der Waals surface area contributed by atoms with E-state index in [1.54, 1.807) is 13.2 Å². The van der Waals surface area contributed by atoms with Gasteiger partial charge >= 0.3 is 0 Å². The first kappa shape index (κ1) is 9.29. The molecule has 1 rings (SSSR count). The molecule has 12 heavy (non-hydrogen) atoms. The lowest BCUT2D eigenvalue weighted by molar-refractivity contribution is 0.0108. The number of furan rings is 1. The van der Waals surface area contributed by atoms with Crippen molar-refractivity contribution >= 4 is 0 Å². The van der Waals surface area contributed by atoms with E-state index in [1.807, 2.05) is 19.1 Å². The van der Waals surface area contributed by atoms with Crippen molar-refractivity contribution in [3.63, 3.8) is 0 Å². The van der Waals surface area contributed by atoms with Gasteiger partial charge in [-0.2, -0.15) is 0 Å². The summed E-state index contributed by atoms with van der Waals surface area (Å²) >= 11 is 0. The molecule has 1 aromatic rings. The number of rotatable bonds is 3. The van der Waals surface area contributed by atoms with Gasteiger partial charge in [-0.3, -0.25) is 0 Å². The van der Waals surface area contributed by atoms with Gasteiger partial charge in [0, 0.05) is 12.3 Å². The Labute approximate surface area is 72.2 Å². The summed E-state index contributed by atoms with van der Waals surface area (Å²) in [5, 5.41) is 9.42. The Morgan fingerprint density at radius 1 is 1.75 bits per heavy atom. The van der Waals surface area contributed by atoms with E-state index in [0.29, 0.717) is 6.42 Å². The zero-order valence-electron chi connectivity index (χ0n) is 7.45. The van der Waals surface area contributed by atoms with E-state index < -0.39 is 5.72 Å². The van der Waals surface area contributed by atoms with Gasteiger partial charge in [0.2, 0.25) is 0 Å². The zero-order valence-corrected chi connectivity index (χ0v) is 7.45. The molecule has 2 unspecified atom stereocenters. The first-order valence-electron chi connectivity index (χ1n) is 4.04. The highest BCUT2D eigenvalue weighted by Gasteiger charge is 2.23. The molecular formula is C9H15NO2. The highest BCUT2D eigenvalue weighted by atomic mass is 16.3. The molecule has 68 valence electrons. The second-order valence-corrected chi connectivity index (χ2v) is 3.41. The van der Waals surface area contributed by atoms with Gasteiger partial charge in [-0.05, 0) is 19.1 Å². The topological polar surface area (TPSA) is 59.4 Å². The third kappa shape index (κ3) is 2.36. The number of hydrogen-bond acceptors (Lipinski definition) is 3. The molecule has 0 aliphatic heterocycles. The fourth-order valence-electron chi connectivity index (χ4n) is 0.937. The number of hydrogen-bond donors (Lipinski definition) is 2. The second-order valence-electron chi connectivity index (χ2n) is 3.41. The van der Waals surface area contributed by atoms with Crippen LogP contribution < -0.4 is 5.73 Å². The third-order valence-electron chi connectivity index (χ3n) is 2.09. The Morgan fingerprint density at radius 3 is 2.83 bits per heavy atom. The quantitative estimate of drug-likeness (QED) is 0.667. The summed E-state index contributed by atoms with van der Waals surface area (Å²) in [6, 6.07) is 3.70. The maximum absolute atomic E-state index is 9.42. The molecule has 3 N–H and O–H groups in total. The van der Waals surface area contributed by atoms with E-state index in [2.05, 4.69) is 0 Å². The summed E-state index contributed by atoms with van der Waals surface area (Å²) in [7, 11) is 0. The summed E-state index contributed by atoms with van der Waals surface area (Å²) in [5.41, 5.74) is 4.38. The van der Waals surface area contributed by atoms with Crippen LogP contribution in [-0.4, -0.2) is 10.8 Å². The van der Waals surface area contributed by atoms with Gasteiger partial charge in [-0.1, -0.05) is 6.92 Å². The standard InChI is InChI=1S/C9H15NO2/c1-7(9(2,10)11)6-8-4-3-5-12-8/h3-5,7,11H,6,10H2,1-2H3. The normalized spacial score (nSPS) is 18.7. The molecule has 3 nitrogen and oxygen atoms in total. The van der Waals surface area contributed by atoms with Crippen LogP contribution in [0.2, 0.25) is 0 Å². The summed E-state index contributed by atoms with van der Waals surface area (Å²) < 4.78 is 5.13. The van der Waals surface area contributed by atoms with Gasteiger partial charge < -0.3 is 15.3 Å². The van der Waals surface area contributed by atoms with Crippen LogP contribution in [0.1, 0.15) is 19.6 Å². The van der Waals surface area contributed by atoms with Crippen LogP contribution in [0.15, 0.2) is 22.8 Å². The number of aliphatic hydroxyl groups is 1. The molecular weight excluding hydrogens is 154 g/mol. The highest BCUT2D eigenvalue weighted by molar-refractivity contribution is 5.00. The highest BCUT2D eigenvalue weighted by Crippen LogP contribution is 2.16.